The number of rotatable bonds is 3. The zero-order valence-corrected chi connectivity index (χ0v) is 9.07. The van der Waals surface area contributed by atoms with Crippen molar-refractivity contribution in [2.45, 2.75) is 19.8 Å². The van der Waals surface area contributed by atoms with Crippen LogP contribution in [0.5, 0.6) is 0 Å². The second-order valence-electron chi connectivity index (χ2n) is 2.89. The van der Waals surface area contributed by atoms with Gasteiger partial charge in [-0.3, -0.25) is 0 Å². The maximum absolute atomic E-state index is 5.86. The van der Waals surface area contributed by atoms with Crippen LogP contribution in [0.1, 0.15) is 18.9 Å². The number of hydrogen-bond acceptors (Lipinski definition) is 0. The van der Waals surface area contributed by atoms with Crippen molar-refractivity contribution in [2.75, 3.05) is 0 Å². The first kappa shape index (κ1) is 10.6. The van der Waals surface area contributed by atoms with Crippen LogP contribution < -0.4 is 0 Å². The molecule has 70 valence electrons. The quantitative estimate of drug-likeness (QED) is 0.651. The van der Waals surface area contributed by atoms with Gasteiger partial charge in [0.2, 0.25) is 0 Å². The van der Waals surface area contributed by atoms with Crippen molar-refractivity contribution in [1.29, 1.82) is 0 Å². The zero-order valence-electron chi connectivity index (χ0n) is 7.56. The fraction of sp³-hybridized carbons (Fsp3) is 0.273. The molecule has 0 N–H and O–H groups in total. The summed E-state index contributed by atoms with van der Waals surface area (Å²) in [5.74, 6) is 0. The van der Waals surface area contributed by atoms with Gasteiger partial charge in [-0.2, -0.15) is 0 Å². The maximum Gasteiger partial charge on any atom is 0.0423 e. The standard InChI is InChI=1S/C11H12Cl2/c1-2-3-4-5-9-6-10(12)8-11(13)7-9/h2-3,6-8H,4-5H2,1H3/b3-2+. The van der Waals surface area contributed by atoms with Crippen LogP contribution in [0.15, 0.2) is 30.4 Å². The SMILES string of the molecule is C/C=C/CCc1cc(Cl)cc(Cl)c1. The molecule has 0 saturated heterocycles. The van der Waals surface area contributed by atoms with E-state index in [1.807, 2.05) is 25.1 Å². The van der Waals surface area contributed by atoms with Gasteiger partial charge in [0.1, 0.15) is 0 Å². The monoisotopic (exact) mass is 214 g/mol. The Balaban J connectivity index is 2.66. The van der Waals surface area contributed by atoms with Gasteiger partial charge in [0.25, 0.3) is 0 Å². The Bertz CT molecular complexity index is 283. The van der Waals surface area contributed by atoms with Gasteiger partial charge in [0, 0.05) is 10.0 Å². The molecule has 1 rings (SSSR count). The molecule has 0 aliphatic rings. The second kappa shape index (κ2) is 5.31. The summed E-state index contributed by atoms with van der Waals surface area (Å²) in [7, 11) is 0. The van der Waals surface area contributed by atoms with E-state index in [9.17, 15) is 0 Å². The fourth-order valence-electron chi connectivity index (χ4n) is 1.17. The summed E-state index contributed by atoms with van der Waals surface area (Å²) in [6, 6.07) is 5.66. The zero-order chi connectivity index (χ0) is 9.68. The van der Waals surface area contributed by atoms with Gasteiger partial charge in [-0.15, -0.1) is 0 Å². The van der Waals surface area contributed by atoms with Crippen LogP contribution in [-0.4, -0.2) is 0 Å². The van der Waals surface area contributed by atoms with Gasteiger partial charge in [-0.25, -0.2) is 0 Å². The van der Waals surface area contributed by atoms with E-state index in [0.717, 1.165) is 12.8 Å². The molecule has 0 aromatic heterocycles. The molecule has 0 amide bonds. The van der Waals surface area contributed by atoms with Gasteiger partial charge in [0.05, 0.1) is 0 Å². The number of benzene rings is 1. The highest BCUT2D eigenvalue weighted by molar-refractivity contribution is 6.34. The molecular formula is C11H12Cl2. The molecule has 0 aliphatic carbocycles. The van der Waals surface area contributed by atoms with Crippen LogP contribution in [-0.2, 0) is 6.42 Å². The number of aryl methyl sites for hydroxylation is 1. The van der Waals surface area contributed by atoms with Gasteiger partial charge in [-0.05, 0) is 43.5 Å². The lowest BCUT2D eigenvalue weighted by Crippen LogP contribution is -1.83. The predicted molar refractivity (Wildman–Crippen MR) is 59.6 cm³/mol. The smallest absolute Gasteiger partial charge is 0.0423 e. The van der Waals surface area contributed by atoms with Crippen molar-refractivity contribution in [3.05, 3.63) is 46.0 Å². The summed E-state index contributed by atoms with van der Waals surface area (Å²) in [6.45, 7) is 2.02. The minimum atomic E-state index is 0.711. The molecule has 0 radical (unpaired) electrons. The van der Waals surface area contributed by atoms with E-state index in [-0.39, 0.29) is 0 Å². The van der Waals surface area contributed by atoms with Crippen LogP contribution >= 0.6 is 23.2 Å². The van der Waals surface area contributed by atoms with Crippen molar-refractivity contribution in [3.8, 4) is 0 Å². The van der Waals surface area contributed by atoms with Crippen molar-refractivity contribution in [2.24, 2.45) is 0 Å². The number of halogens is 2. The first-order valence-electron chi connectivity index (χ1n) is 4.28. The molecule has 0 saturated carbocycles. The maximum atomic E-state index is 5.86. The van der Waals surface area contributed by atoms with Crippen LogP contribution in [0.2, 0.25) is 10.0 Å². The topological polar surface area (TPSA) is 0 Å². The van der Waals surface area contributed by atoms with E-state index in [1.54, 1.807) is 6.07 Å². The lowest BCUT2D eigenvalue weighted by Gasteiger charge is -2.00. The predicted octanol–water partition coefficient (Wildman–Crippen LogP) is 4.50. The summed E-state index contributed by atoms with van der Waals surface area (Å²) >= 11 is 11.7. The van der Waals surface area contributed by atoms with E-state index in [4.69, 9.17) is 23.2 Å². The highest BCUT2D eigenvalue weighted by Crippen LogP contribution is 2.19. The molecule has 0 spiro atoms. The average Bonchev–Trinajstić information content (AvgIpc) is 2.03. The summed E-state index contributed by atoms with van der Waals surface area (Å²) in [5, 5.41) is 1.42. The highest BCUT2D eigenvalue weighted by Gasteiger charge is 1.96. The lowest BCUT2D eigenvalue weighted by molar-refractivity contribution is 1.000. The third kappa shape index (κ3) is 3.84. The lowest BCUT2D eigenvalue weighted by atomic mass is 10.1. The first-order valence-corrected chi connectivity index (χ1v) is 5.04. The van der Waals surface area contributed by atoms with Crippen molar-refractivity contribution in [1.82, 2.24) is 0 Å². The molecule has 2 heteroatoms. The number of hydrogen-bond donors (Lipinski definition) is 0. The molecule has 0 unspecified atom stereocenters. The molecule has 13 heavy (non-hydrogen) atoms. The van der Waals surface area contributed by atoms with Crippen molar-refractivity contribution < 1.29 is 0 Å². The minimum absolute atomic E-state index is 0.711. The van der Waals surface area contributed by atoms with Crippen LogP contribution in [0.25, 0.3) is 0 Å². The van der Waals surface area contributed by atoms with E-state index >= 15 is 0 Å². The van der Waals surface area contributed by atoms with Gasteiger partial charge in [-0.1, -0.05) is 35.4 Å². The summed E-state index contributed by atoms with van der Waals surface area (Å²) in [5.41, 5.74) is 1.19. The Kier molecular flexibility index (Phi) is 4.34. The molecule has 0 nitrogen and oxygen atoms in total. The van der Waals surface area contributed by atoms with E-state index in [1.165, 1.54) is 5.56 Å². The number of allylic oxidation sites excluding steroid dienone is 2. The van der Waals surface area contributed by atoms with Crippen LogP contribution in [0, 0.1) is 0 Å². The summed E-state index contributed by atoms with van der Waals surface area (Å²) in [6.07, 6.45) is 6.21. The average molecular weight is 215 g/mol. The molecule has 0 atom stereocenters. The first-order chi connectivity index (χ1) is 6.22. The van der Waals surface area contributed by atoms with Gasteiger partial charge >= 0.3 is 0 Å². The van der Waals surface area contributed by atoms with E-state index in [0.29, 0.717) is 10.0 Å². The van der Waals surface area contributed by atoms with Crippen LogP contribution in [0.3, 0.4) is 0 Å². The summed E-state index contributed by atoms with van der Waals surface area (Å²) in [4.78, 5) is 0. The minimum Gasteiger partial charge on any atom is -0.0917 e. The third-order valence-electron chi connectivity index (χ3n) is 1.76. The van der Waals surface area contributed by atoms with Crippen LogP contribution in [0.4, 0.5) is 0 Å². The molecule has 0 bridgehead atoms. The van der Waals surface area contributed by atoms with E-state index < -0.39 is 0 Å². The molecule has 1 aromatic rings. The molecule has 0 heterocycles. The van der Waals surface area contributed by atoms with Gasteiger partial charge < -0.3 is 0 Å². The Labute approximate surface area is 89.2 Å². The molecule has 0 fully saturated rings. The Morgan fingerprint density at radius 3 is 2.31 bits per heavy atom. The second-order valence-corrected chi connectivity index (χ2v) is 3.76. The molecule has 0 aliphatic heterocycles. The Morgan fingerprint density at radius 2 is 1.77 bits per heavy atom. The Morgan fingerprint density at radius 1 is 1.15 bits per heavy atom. The van der Waals surface area contributed by atoms with Crippen molar-refractivity contribution in [3.63, 3.8) is 0 Å². The highest BCUT2D eigenvalue weighted by atomic mass is 35.5. The Hall–Kier alpha value is -0.460. The van der Waals surface area contributed by atoms with Crippen molar-refractivity contribution >= 4 is 23.2 Å². The fourth-order valence-corrected chi connectivity index (χ4v) is 1.74. The third-order valence-corrected chi connectivity index (χ3v) is 2.19. The largest absolute Gasteiger partial charge is 0.0917 e. The van der Waals surface area contributed by atoms with E-state index in [2.05, 4.69) is 6.08 Å². The molecular weight excluding hydrogens is 203 g/mol. The van der Waals surface area contributed by atoms with Gasteiger partial charge in [0.15, 0.2) is 0 Å². The molecule has 1 aromatic carbocycles. The normalized spacial score (nSPS) is 11.0. The summed E-state index contributed by atoms with van der Waals surface area (Å²) < 4.78 is 0.